The van der Waals surface area contributed by atoms with Gasteiger partial charge in [0.05, 0.1) is 0 Å². The molecule has 0 saturated carbocycles. The van der Waals surface area contributed by atoms with Crippen molar-refractivity contribution in [3.8, 4) is 0 Å². The Labute approximate surface area is 83.8 Å². The maximum absolute atomic E-state index is 5.72. The van der Waals surface area contributed by atoms with Crippen LogP contribution in [0.25, 0.3) is 0 Å². The van der Waals surface area contributed by atoms with E-state index in [1.165, 1.54) is 0 Å². The van der Waals surface area contributed by atoms with Gasteiger partial charge in [0.1, 0.15) is 0 Å². The molecule has 2 nitrogen and oxygen atoms in total. The second kappa shape index (κ2) is 7.30. The Morgan fingerprint density at radius 3 is 1.77 bits per heavy atom. The molecule has 0 aliphatic rings. The SMILES string of the molecule is C=C[SiH](OC(C)CC)OC(C)CC. The normalized spacial score (nSPS) is 17.8. The third kappa shape index (κ3) is 6.02. The average molecular weight is 202 g/mol. The van der Waals surface area contributed by atoms with Crippen molar-refractivity contribution in [1.29, 1.82) is 0 Å². The third-order valence-corrected chi connectivity index (χ3v) is 3.93. The molecule has 0 amide bonds. The molecule has 13 heavy (non-hydrogen) atoms. The molecule has 0 fully saturated rings. The highest BCUT2D eigenvalue weighted by atomic mass is 28.3. The van der Waals surface area contributed by atoms with Crippen LogP contribution in [0.1, 0.15) is 40.5 Å². The van der Waals surface area contributed by atoms with Gasteiger partial charge in [0, 0.05) is 12.2 Å². The smallest absolute Gasteiger partial charge is 0.348 e. The molecule has 78 valence electrons. The van der Waals surface area contributed by atoms with Crippen LogP contribution >= 0.6 is 0 Å². The van der Waals surface area contributed by atoms with E-state index in [4.69, 9.17) is 8.85 Å². The van der Waals surface area contributed by atoms with Gasteiger partial charge in [-0.3, -0.25) is 0 Å². The Morgan fingerprint density at radius 2 is 1.54 bits per heavy atom. The first-order chi connectivity index (χ1) is 6.13. The molecule has 2 unspecified atom stereocenters. The van der Waals surface area contributed by atoms with Crippen molar-refractivity contribution in [2.45, 2.75) is 52.7 Å². The van der Waals surface area contributed by atoms with Gasteiger partial charge in [-0.25, -0.2) is 0 Å². The maximum atomic E-state index is 5.72. The van der Waals surface area contributed by atoms with Gasteiger partial charge in [0.25, 0.3) is 0 Å². The first-order valence-corrected chi connectivity index (χ1v) is 6.68. The Hall–Kier alpha value is -0.123. The molecule has 0 bridgehead atoms. The largest absolute Gasteiger partial charge is 0.391 e. The molecule has 0 aliphatic carbocycles. The van der Waals surface area contributed by atoms with Gasteiger partial charge >= 0.3 is 9.28 Å². The fourth-order valence-corrected chi connectivity index (χ4v) is 2.38. The van der Waals surface area contributed by atoms with Gasteiger partial charge in [0.2, 0.25) is 0 Å². The molecular weight excluding hydrogens is 180 g/mol. The zero-order valence-electron chi connectivity index (χ0n) is 9.25. The van der Waals surface area contributed by atoms with E-state index in [0.717, 1.165) is 12.8 Å². The highest BCUT2D eigenvalue weighted by Gasteiger charge is 2.14. The van der Waals surface area contributed by atoms with Crippen LogP contribution in [0.15, 0.2) is 12.3 Å². The van der Waals surface area contributed by atoms with Crippen LogP contribution in [-0.4, -0.2) is 21.5 Å². The van der Waals surface area contributed by atoms with Crippen LogP contribution in [0, 0.1) is 0 Å². The van der Waals surface area contributed by atoms with Gasteiger partial charge in [-0.15, -0.1) is 6.58 Å². The van der Waals surface area contributed by atoms with Gasteiger partial charge in [-0.05, 0) is 26.7 Å². The summed E-state index contributed by atoms with van der Waals surface area (Å²) < 4.78 is 11.4. The van der Waals surface area contributed by atoms with Crippen LogP contribution in [0.2, 0.25) is 0 Å². The summed E-state index contributed by atoms with van der Waals surface area (Å²) >= 11 is 0. The minimum absolute atomic E-state index is 0.290. The fraction of sp³-hybridized carbons (Fsp3) is 0.800. The molecule has 0 heterocycles. The van der Waals surface area contributed by atoms with Crippen molar-refractivity contribution in [3.05, 3.63) is 12.3 Å². The predicted octanol–water partition coefficient (Wildman–Crippen LogP) is 2.56. The maximum Gasteiger partial charge on any atom is 0.348 e. The van der Waals surface area contributed by atoms with E-state index in [1.54, 1.807) is 0 Å². The van der Waals surface area contributed by atoms with E-state index in [0.29, 0.717) is 12.2 Å². The highest BCUT2D eigenvalue weighted by Crippen LogP contribution is 2.05. The first-order valence-electron chi connectivity index (χ1n) is 5.07. The van der Waals surface area contributed by atoms with E-state index in [-0.39, 0.29) is 0 Å². The van der Waals surface area contributed by atoms with Gasteiger partial charge in [-0.1, -0.05) is 19.5 Å². The first kappa shape index (κ1) is 12.9. The van der Waals surface area contributed by atoms with Gasteiger partial charge < -0.3 is 8.85 Å². The number of rotatable bonds is 7. The van der Waals surface area contributed by atoms with Crippen molar-refractivity contribution in [2.24, 2.45) is 0 Å². The number of hydrogen-bond acceptors (Lipinski definition) is 2. The molecular formula is C10H22O2Si. The molecule has 0 radical (unpaired) electrons. The standard InChI is InChI=1S/C10H22O2Si/c1-6-9(4)11-13(8-3)12-10(5)7-2/h8-10,13H,3,6-7H2,1-2,4-5H3. The Morgan fingerprint density at radius 1 is 1.15 bits per heavy atom. The van der Waals surface area contributed by atoms with Crippen LogP contribution in [0.4, 0.5) is 0 Å². The minimum atomic E-state index is -1.60. The van der Waals surface area contributed by atoms with Gasteiger partial charge in [-0.2, -0.15) is 0 Å². The topological polar surface area (TPSA) is 18.5 Å². The summed E-state index contributed by atoms with van der Waals surface area (Å²) in [6, 6.07) is 0. The minimum Gasteiger partial charge on any atom is -0.391 e. The van der Waals surface area contributed by atoms with Crippen LogP contribution < -0.4 is 0 Å². The lowest BCUT2D eigenvalue weighted by Gasteiger charge is -2.20. The fourth-order valence-electron chi connectivity index (χ4n) is 0.794. The molecule has 0 saturated heterocycles. The lowest BCUT2D eigenvalue weighted by molar-refractivity contribution is 0.118. The zero-order chi connectivity index (χ0) is 10.3. The monoisotopic (exact) mass is 202 g/mol. The summed E-state index contributed by atoms with van der Waals surface area (Å²) in [7, 11) is -1.60. The lowest BCUT2D eigenvalue weighted by atomic mass is 10.3. The van der Waals surface area contributed by atoms with E-state index in [1.807, 2.05) is 5.70 Å². The molecule has 0 aromatic rings. The van der Waals surface area contributed by atoms with E-state index < -0.39 is 9.28 Å². The summed E-state index contributed by atoms with van der Waals surface area (Å²) in [5.74, 6) is 0. The predicted molar refractivity (Wildman–Crippen MR) is 59.0 cm³/mol. The Kier molecular flexibility index (Phi) is 7.23. The summed E-state index contributed by atoms with van der Waals surface area (Å²) in [4.78, 5) is 0. The van der Waals surface area contributed by atoms with Crippen molar-refractivity contribution in [3.63, 3.8) is 0 Å². The lowest BCUT2D eigenvalue weighted by Crippen LogP contribution is -2.29. The summed E-state index contributed by atoms with van der Waals surface area (Å²) in [5.41, 5.74) is 1.85. The van der Waals surface area contributed by atoms with Crippen molar-refractivity contribution >= 4 is 9.28 Å². The van der Waals surface area contributed by atoms with E-state index in [9.17, 15) is 0 Å². The number of hydrogen-bond donors (Lipinski definition) is 0. The molecule has 0 rings (SSSR count). The summed E-state index contributed by atoms with van der Waals surface area (Å²) in [5, 5.41) is 0. The average Bonchev–Trinajstić information content (AvgIpc) is 2.16. The molecule has 0 aromatic carbocycles. The quantitative estimate of drug-likeness (QED) is 0.591. The highest BCUT2D eigenvalue weighted by molar-refractivity contribution is 6.50. The second-order valence-corrected chi connectivity index (χ2v) is 5.07. The van der Waals surface area contributed by atoms with Crippen molar-refractivity contribution < 1.29 is 8.85 Å². The molecule has 3 heteroatoms. The summed E-state index contributed by atoms with van der Waals surface area (Å²) in [6.45, 7) is 12.1. The zero-order valence-corrected chi connectivity index (χ0v) is 10.4. The summed E-state index contributed by atoms with van der Waals surface area (Å²) in [6.07, 6.45) is 2.64. The molecule has 0 aromatic heterocycles. The Balaban J connectivity index is 3.81. The third-order valence-electron chi connectivity index (χ3n) is 2.08. The van der Waals surface area contributed by atoms with Crippen molar-refractivity contribution in [1.82, 2.24) is 0 Å². The van der Waals surface area contributed by atoms with Crippen molar-refractivity contribution in [2.75, 3.05) is 0 Å². The van der Waals surface area contributed by atoms with Crippen LogP contribution in [0.3, 0.4) is 0 Å². The van der Waals surface area contributed by atoms with E-state index in [2.05, 4.69) is 34.3 Å². The van der Waals surface area contributed by atoms with Crippen LogP contribution in [-0.2, 0) is 8.85 Å². The second-order valence-electron chi connectivity index (χ2n) is 3.31. The van der Waals surface area contributed by atoms with Crippen LogP contribution in [0.5, 0.6) is 0 Å². The van der Waals surface area contributed by atoms with Gasteiger partial charge in [0.15, 0.2) is 0 Å². The molecule has 0 N–H and O–H groups in total. The van der Waals surface area contributed by atoms with E-state index >= 15 is 0 Å². The molecule has 0 aliphatic heterocycles. The molecule has 2 atom stereocenters. The molecule has 0 spiro atoms. The Bertz CT molecular complexity index is 127.